The summed E-state index contributed by atoms with van der Waals surface area (Å²) < 4.78 is 3.95. The highest BCUT2D eigenvalue weighted by atomic mass is 127. The Kier molecular flexibility index (Phi) is 4.80. The van der Waals surface area contributed by atoms with Crippen LogP contribution in [-0.4, -0.2) is 14.5 Å². The first kappa shape index (κ1) is 18.2. The number of fused-ring (bicyclic) bond motifs is 1. The first-order valence-corrected chi connectivity index (χ1v) is 9.35. The average molecular weight is 472 g/mol. The minimum Gasteiger partial charge on any atom is -0.618 e. The van der Waals surface area contributed by atoms with Crippen LogP contribution in [0.5, 0.6) is 0 Å². The number of halogens is 2. The van der Waals surface area contributed by atoms with E-state index in [1.165, 1.54) is 0 Å². The topological polar surface area (TPSA) is 83.7 Å². The van der Waals surface area contributed by atoms with Crippen molar-refractivity contribution in [3.05, 3.63) is 48.7 Å². The van der Waals surface area contributed by atoms with E-state index in [4.69, 9.17) is 17.3 Å². The van der Waals surface area contributed by atoms with Crippen LogP contribution in [0.2, 0.25) is 5.15 Å². The van der Waals surface area contributed by atoms with Crippen LogP contribution >= 0.6 is 34.2 Å². The fourth-order valence-corrected chi connectivity index (χ4v) is 3.72. The predicted octanol–water partition coefficient (Wildman–Crippen LogP) is 3.69. The molecule has 0 aromatic carbocycles. The van der Waals surface area contributed by atoms with Crippen molar-refractivity contribution in [3.8, 4) is 0 Å². The van der Waals surface area contributed by atoms with Crippen molar-refractivity contribution in [2.75, 3.05) is 5.73 Å². The lowest BCUT2D eigenvalue weighted by Crippen LogP contribution is -2.35. The molecule has 3 aromatic heterocycles. The lowest BCUT2D eigenvalue weighted by molar-refractivity contribution is -0.615. The van der Waals surface area contributed by atoms with Gasteiger partial charge in [-0.1, -0.05) is 25.4 Å². The second-order valence-electron chi connectivity index (χ2n) is 6.46. The monoisotopic (exact) mass is 471 g/mol. The van der Waals surface area contributed by atoms with Crippen LogP contribution in [0.15, 0.2) is 12.4 Å². The van der Waals surface area contributed by atoms with Gasteiger partial charge >= 0.3 is 0 Å². The summed E-state index contributed by atoms with van der Waals surface area (Å²) in [5.74, 6) is 0.365. The molecule has 8 heteroatoms. The molecule has 3 aromatic rings. The fraction of sp³-hybridized carbons (Fsp3) is 0.353. The van der Waals surface area contributed by atoms with E-state index in [2.05, 4.69) is 46.4 Å². The molecule has 0 saturated carbocycles. The Morgan fingerprint density at radius 3 is 2.68 bits per heavy atom. The molecular weight excluding hydrogens is 453 g/mol. The van der Waals surface area contributed by atoms with Gasteiger partial charge in [-0.2, -0.15) is 9.71 Å². The normalized spacial score (nSPS) is 11.6. The van der Waals surface area contributed by atoms with Gasteiger partial charge in [-0.3, -0.25) is 0 Å². The maximum atomic E-state index is 12.4. The van der Waals surface area contributed by atoms with Gasteiger partial charge in [0.15, 0.2) is 6.20 Å². The highest BCUT2D eigenvalue weighted by Crippen LogP contribution is 2.32. The summed E-state index contributed by atoms with van der Waals surface area (Å²) in [6.45, 7) is 8.45. The van der Waals surface area contributed by atoms with E-state index < -0.39 is 0 Å². The van der Waals surface area contributed by atoms with E-state index in [1.807, 2.05) is 24.6 Å². The molecule has 3 heterocycles. The van der Waals surface area contributed by atoms with E-state index in [-0.39, 0.29) is 11.9 Å². The minimum atomic E-state index is 0.123. The van der Waals surface area contributed by atoms with Crippen LogP contribution in [0.3, 0.4) is 0 Å². The van der Waals surface area contributed by atoms with Gasteiger partial charge in [-0.25, -0.2) is 4.98 Å². The lowest BCUT2D eigenvalue weighted by Gasteiger charge is -2.12. The second kappa shape index (κ2) is 6.60. The summed E-state index contributed by atoms with van der Waals surface area (Å²) in [7, 11) is 0. The van der Waals surface area contributed by atoms with Crippen molar-refractivity contribution < 1.29 is 4.73 Å². The molecule has 0 fully saturated rings. The van der Waals surface area contributed by atoms with Crippen molar-refractivity contribution in [1.82, 2.24) is 14.5 Å². The van der Waals surface area contributed by atoms with Crippen LogP contribution in [-0.2, 0) is 6.54 Å². The van der Waals surface area contributed by atoms with E-state index in [1.54, 1.807) is 6.20 Å². The Hall–Kier alpha value is -1.61. The largest absolute Gasteiger partial charge is 0.618 e. The summed E-state index contributed by atoms with van der Waals surface area (Å²) >= 11 is 8.59. The lowest BCUT2D eigenvalue weighted by atomic mass is 10.0. The van der Waals surface area contributed by atoms with E-state index >= 15 is 0 Å². The van der Waals surface area contributed by atoms with Crippen LogP contribution < -0.4 is 10.5 Å². The molecule has 0 bridgehead atoms. The maximum Gasteiger partial charge on any atom is 0.223 e. The molecule has 0 amide bonds. The van der Waals surface area contributed by atoms with Gasteiger partial charge in [0.2, 0.25) is 11.6 Å². The Balaban J connectivity index is 2.23. The Morgan fingerprint density at radius 1 is 1.36 bits per heavy atom. The standard InChI is InChI=1S/C17H19ClIN5O/c1-8(2)11-6-23(16-13(11)15(18)21-17(20)22-16)7-12-10(4)14(19)9(3)5-24(12)25/h5-6,8H,7H2,1-4H3,(H2,20,21,22). The van der Waals surface area contributed by atoms with E-state index in [9.17, 15) is 5.21 Å². The Bertz CT molecular complexity index is 983. The zero-order valence-electron chi connectivity index (χ0n) is 14.5. The van der Waals surface area contributed by atoms with Gasteiger partial charge in [0.1, 0.15) is 17.3 Å². The number of hydrogen-bond donors (Lipinski definition) is 1. The summed E-state index contributed by atoms with van der Waals surface area (Å²) in [6.07, 6.45) is 3.59. The summed E-state index contributed by atoms with van der Waals surface area (Å²) in [5, 5.41) is 13.6. The summed E-state index contributed by atoms with van der Waals surface area (Å²) in [4.78, 5) is 8.44. The zero-order valence-corrected chi connectivity index (χ0v) is 17.4. The van der Waals surface area contributed by atoms with Crippen LogP contribution in [0.1, 0.15) is 42.1 Å². The van der Waals surface area contributed by atoms with Crippen molar-refractivity contribution >= 4 is 51.2 Å². The smallest absolute Gasteiger partial charge is 0.223 e. The number of anilines is 1. The molecule has 0 spiro atoms. The number of aromatic nitrogens is 4. The molecule has 0 aliphatic carbocycles. The quantitative estimate of drug-likeness (QED) is 0.273. The van der Waals surface area contributed by atoms with Gasteiger partial charge in [0.25, 0.3) is 0 Å². The predicted molar refractivity (Wildman–Crippen MR) is 108 cm³/mol. The summed E-state index contributed by atoms with van der Waals surface area (Å²) in [5.41, 5.74) is 10.1. The molecule has 0 aliphatic heterocycles. The SMILES string of the molecule is Cc1c[n+]([O-])c(Cn2cc(C(C)C)c3c(Cl)nc(N)nc32)c(C)c1I. The molecule has 3 rings (SSSR count). The molecule has 6 nitrogen and oxygen atoms in total. The number of aryl methyl sites for hydroxylation is 1. The van der Waals surface area contributed by atoms with Crippen molar-refractivity contribution in [1.29, 1.82) is 0 Å². The summed E-state index contributed by atoms with van der Waals surface area (Å²) in [6, 6.07) is 0. The third-order valence-electron chi connectivity index (χ3n) is 4.35. The molecule has 25 heavy (non-hydrogen) atoms. The average Bonchev–Trinajstić information content (AvgIpc) is 2.88. The number of nitrogens with zero attached hydrogens (tertiary/aromatic N) is 4. The van der Waals surface area contributed by atoms with Crippen LogP contribution in [0, 0.1) is 22.6 Å². The van der Waals surface area contributed by atoms with Gasteiger partial charge < -0.3 is 15.5 Å². The van der Waals surface area contributed by atoms with Crippen molar-refractivity contribution in [2.45, 2.75) is 40.2 Å². The first-order valence-electron chi connectivity index (χ1n) is 7.90. The van der Waals surface area contributed by atoms with Gasteiger partial charge in [0, 0.05) is 20.9 Å². The molecule has 0 radical (unpaired) electrons. The zero-order chi connectivity index (χ0) is 18.5. The molecule has 0 unspecified atom stereocenters. The molecule has 0 atom stereocenters. The van der Waals surface area contributed by atoms with Gasteiger partial charge in [-0.05, 0) is 47.9 Å². The number of rotatable bonds is 3. The third-order valence-corrected chi connectivity index (χ3v) is 6.28. The minimum absolute atomic E-state index is 0.123. The van der Waals surface area contributed by atoms with Crippen LogP contribution in [0.4, 0.5) is 5.95 Å². The molecule has 0 saturated heterocycles. The third kappa shape index (κ3) is 3.15. The van der Waals surface area contributed by atoms with Crippen LogP contribution in [0.25, 0.3) is 11.0 Å². The highest BCUT2D eigenvalue weighted by Gasteiger charge is 2.21. The molecular formula is C17H19ClIN5O. The van der Waals surface area contributed by atoms with Gasteiger partial charge in [0.05, 0.1) is 5.39 Å². The molecule has 132 valence electrons. The fourth-order valence-electron chi connectivity index (χ4n) is 2.99. The Morgan fingerprint density at radius 2 is 2.04 bits per heavy atom. The first-order chi connectivity index (χ1) is 11.7. The number of nitrogens with two attached hydrogens (primary N) is 1. The maximum absolute atomic E-state index is 12.4. The van der Waals surface area contributed by atoms with Crippen molar-refractivity contribution in [3.63, 3.8) is 0 Å². The number of pyridine rings is 1. The van der Waals surface area contributed by atoms with E-state index in [0.717, 1.165) is 30.4 Å². The molecule has 2 N–H and O–H groups in total. The molecule has 0 aliphatic rings. The van der Waals surface area contributed by atoms with E-state index in [0.29, 0.717) is 23.0 Å². The van der Waals surface area contributed by atoms with Gasteiger partial charge in [-0.15, -0.1) is 0 Å². The van der Waals surface area contributed by atoms with Crippen molar-refractivity contribution in [2.24, 2.45) is 0 Å². The highest BCUT2D eigenvalue weighted by molar-refractivity contribution is 14.1. The number of nitrogen functional groups attached to an aromatic ring is 1. The second-order valence-corrected chi connectivity index (χ2v) is 7.90. The Labute approximate surface area is 164 Å². The number of hydrogen-bond acceptors (Lipinski definition) is 4.